The molecule has 0 aliphatic carbocycles. The minimum absolute atomic E-state index is 0.167. The minimum Gasteiger partial charge on any atom is -0.348 e. The number of nitriles is 1. The first kappa shape index (κ1) is 12.7. The zero-order chi connectivity index (χ0) is 12.5. The number of nitrogens with one attached hydrogen (secondary N) is 2. The molecule has 1 rings (SSSR count). The van der Waals surface area contributed by atoms with Gasteiger partial charge in [-0.2, -0.15) is 10.4 Å². The molecule has 0 saturated heterocycles. The zero-order valence-electron chi connectivity index (χ0n) is 9.22. The third kappa shape index (κ3) is 4.79. The summed E-state index contributed by atoms with van der Waals surface area (Å²) in [6, 6.07) is 3.53. The van der Waals surface area contributed by atoms with Crippen LogP contribution in [0.2, 0.25) is 0 Å². The predicted octanol–water partition coefficient (Wildman–Crippen LogP) is -0.971. The lowest BCUT2D eigenvalue weighted by Crippen LogP contribution is -2.40. The highest BCUT2D eigenvalue weighted by atomic mass is 16.2. The van der Waals surface area contributed by atoms with Gasteiger partial charge in [0.25, 0.3) is 0 Å². The van der Waals surface area contributed by atoms with Crippen molar-refractivity contribution in [2.45, 2.75) is 13.0 Å². The van der Waals surface area contributed by atoms with Crippen LogP contribution < -0.4 is 10.6 Å². The maximum atomic E-state index is 11.2. The van der Waals surface area contributed by atoms with E-state index in [1.54, 1.807) is 16.9 Å². The molecule has 0 atom stereocenters. The largest absolute Gasteiger partial charge is 0.348 e. The van der Waals surface area contributed by atoms with E-state index in [0.29, 0.717) is 19.5 Å². The number of amides is 2. The fraction of sp³-hybridized carbons (Fsp3) is 0.400. The summed E-state index contributed by atoms with van der Waals surface area (Å²) in [5, 5.41) is 16.8. The molecule has 2 amide bonds. The molecule has 0 aliphatic rings. The van der Waals surface area contributed by atoms with E-state index >= 15 is 0 Å². The van der Waals surface area contributed by atoms with Crippen LogP contribution in [-0.4, -0.2) is 34.7 Å². The summed E-state index contributed by atoms with van der Waals surface area (Å²) < 4.78 is 1.74. The van der Waals surface area contributed by atoms with Crippen LogP contribution >= 0.6 is 0 Å². The summed E-state index contributed by atoms with van der Waals surface area (Å²) in [7, 11) is 0. The van der Waals surface area contributed by atoms with Crippen molar-refractivity contribution in [3.8, 4) is 6.07 Å². The standard InChI is InChI=1S/C10H13N5O2/c11-3-6-13-10(17)9(16)12-4-1-7-15-8-2-5-14-15/h2,5,8H,1,4,6-7H2,(H,12,16)(H,13,17). The molecule has 0 bridgehead atoms. The molecule has 2 N–H and O–H groups in total. The number of carbonyl (C=O) groups is 2. The van der Waals surface area contributed by atoms with Crippen LogP contribution in [0.4, 0.5) is 0 Å². The van der Waals surface area contributed by atoms with E-state index in [4.69, 9.17) is 5.26 Å². The number of aryl methyl sites for hydroxylation is 1. The van der Waals surface area contributed by atoms with Gasteiger partial charge in [0.2, 0.25) is 0 Å². The van der Waals surface area contributed by atoms with Crippen molar-refractivity contribution < 1.29 is 9.59 Å². The van der Waals surface area contributed by atoms with E-state index in [9.17, 15) is 9.59 Å². The third-order valence-corrected chi connectivity index (χ3v) is 1.94. The van der Waals surface area contributed by atoms with Crippen LogP contribution in [0.1, 0.15) is 6.42 Å². The lowest BCUT2D eigenvalue weighted by Gasteiger charge is -2.04. The highest BCUT2D eigenvalue weighted by molar-refractivity contribution is 6.35. The Bertz CT molecular complexity index is 407. The molecule has 0 aliphatic heterocycles. The summed E-state index contributed by atoms with van der Waals surface area (Å²) in [6.45, 7) is 0.894. The van der Waals surface area contributed by atoms with Crippen molar-refractivity contribution in [1.82, 2.24) is 20.4 Å². The molecule has 0 spiro atoms. The van der Waals surface area contributed by atoms with Crippen LogP contribution in [0.5, 0.6) is 0 Å². The maximum absolute atomic E-state index is 11.2. The third-order valence-electron chi connectivity index (χ3n) is 1.94. The second-order valence-corrected chi connectivity index (χ2v) is 3.22. The minimum atomic E-state index is -0.786. The Morgan fingerprint density at radius 2 is 2.12 bits per heavy atom. The van der Waals surface area contributed by atoms with Gasteiger partial charge in [-0.3, -0.25) is 14.3 Å². The van der Waals surface area contributed by atoms with Crippen LogP contribution in [0.15, 0.2) is 18.5 Å². The number of carbonyl (C=O) groups excluding carboxylic acids is 2. The van der Waals surface area contributed by atoms with Gasteiger partial charge < -0.3 is 10.6 Å². The monoisotopic (exact) mass is 235 g/mol. The van der Waals surface area contributed by atoms with E-state index in [1.807, 2.05) is 12.3 Å². The molecule has 1 aromatic rings. The van der Waals surface area contributed by atoms with Crippen LogP contribution in [0, 0.1) is 11.3 Å². The first-order valence-corrected chi connectivity index (χ1v) is 5.14. The van der Waals surface area contributed by atoms with Crippen molar-refractivity contribution in [1.29, 1.82) is 5.26 Å². The number of rotatable bonds is 5. The Kier molecular flexibility index (Phi) is 5.24. The highest BCUT2D eigenvalue weighted by Gasteiger charge is 2.11. The SMILES string of the molecule is N#CCNC(=O)C(=O)NCCCn1cccn1. The van der Waals surface area contributed by atoms with Gasteiger partial charge in [-0.25, -0.2) is 0 Å². The fourth-order valence-corrected chi connectivity index (χ4v) is 1.16. The van der Waals surface area contributed by atoms with Crippen LogP contribution in [0.25, 0.3) is 0 Å². The van der Waals surface area contributed by atoms with Gasteiger partial charge in [-0.1, -0.05) is 0 Å². The summed E-state index contributed by atoms with van der Waals surface area (Å²) in [4.78, 5) is 22.2. The lowest BCUT2D eigenvalue weighted by molar-refractivity contribution is -0.139. The summed E-state index contributed by atoms with van der Waals surface area (Å²) in [6.07, 6.45) is 4.17. The summed E-state index contributed by atoms with van der Waals surface area (Å²) in [5.41, 5.74) is 0. The maximum Gasteiger partial charge on any atom is 0.310 e. The Balaban J connectivity index is 2.12. The van der Waals surface area contributed by atoms with Crippen LogP contribution in [-0.2, 0) is 16.1 Å². The van der Waals surface area contributed by atoms with Gasteiger partial charge in [0.1, 0.15) is 6.54 Å². The second-order valence-electron chi connectivity index (χ2n) is 3.22. The van der Waals surface area contributed by atoms with Gasteiger partial charge in [-0.05, 0) is 12.5 Å². The average molecular weight is 235 g/mol. The van der Waals surface area contributed by atoms with Gasteiger partial charge in [0, 0.05) is 25.5 Å². The molecule has 1 aromatic heterocycles. The normalized spacial score (nSPS) is 9.35. The molecule has 17 heavy (non-hydrogen) atoms. The molecule has 0 aromatic carbocycles. The van der Waals surface area contributed by atoms with E-state index in [2.05, 4.69) is 15.7 Å². The topological polar surface area (TPSA) is 99.8 Å². The Morgan fingerprint density at radius 3 is 2.76 bits per heavy atom. The van der Waals surface area contributed by atoms with Crippen molar-refractivity contribution in [2.24, 2.45) is 0 Å². The second kappa shape index (κ2) is 7.00. The fourth-order valence-electron chi connectivity index (χ4n) is 1.16. The van der Waals surface area contributed by atoms with Gasteiger partial charge in [-0.15, -0.1) is 0 Å². The first-order chi connectivity index (χ1) is 8.24. The molecular formula is C10H13N5O2. The predicted molar refractivity (Wildman–Crippen MR) is 58.5 cm³/mol. The van der Waals surface area contributed by atoms with E-state index in [-0.39, 0.29) is 6.54 Å². The van der Waals surface area contributed by atoms with Crippen molar-refractivity contribution in [3.63, 3.8) is 0 Å². The molecule has 7 heteroatoms. The van der Waals surface area contributed by atoms with Gasteiger partial charge in [0.15, 0.2) is 0 Å². The van der Waals surface area contributed by atoms with E-state index in [0.717, 1.165) is 0 Å². The molecule has 0 fully saturated rings. The zero-order valence-corrected chi connectivity index (χ0v) is 9.22. The average Bonchev–Trinajstić information content (AvgIpc) is 2.84. The highest BCUT2D eigenvalue weighted by Crippen LogP contribution is 1.87. The van der Waals surface area contributed by atoms with E-state index in [1.165, 1.54) is 0 Å². The molecule has 1 heterocycles. The Hall–Kier alpha value is -2.36. The molecule has 7 nitrogen and oxygen atoms in total. The number of nitrogens with zero attached hydrogens (tertiary/aromatic N) is 3. The molecule has 0 unspecified atom stereocenters. The van der Waals surface area contributed by atoms with Gasteiger partial charge >= 0.3 is 11.8 Å². The first-order valence-electron chi connectivity index (χ1n) is 5.14. The Morgan fingerprint density at radius 1 is 1.35 bits per heavy atom. The summed E-state index contributed by atoms with van der Waals surface area (Å²) >= 11 is 0. The van der Waals surface area contributed by atoms with E-state index < -0.39 is 11.8 Å². The number of hydrogen-bond acceptors (Lipinski definition) is 4. The van der Waals surface area contributed by atoms with Crippen molar-refractivity contribution in [2.75, 3.05) is 13.1 Å². The molecular weight excluding hydrogens is 222 g/mol. The van der Waals surface area contributed by atoms with Crippen molar-refractivity contribution >= 4 is 11.8 Å². The van der Waals surface area contributed by atoms with Crippen LogP contribution in [0.3, 0.4) is 0 Å². The lowest BCUT2D eigenvalue weighted by atomic mass is 10.4. The smallest absolute Gasteiger partial charge is 0.310 e. The number of aromatic nitrogens is 2. The quantitative estimate of drug-likeness (QED) is 0.389. The van der Waals surface area contributed by atoms with Gasteiger partial charge in [0.05, 0.1) is 6.07 Å². The molecule has 90 valence electrons. The summed E-state index contributed by atoms with van der Waals surface area (Å²) in [5.74, 6) is -1.51. The Labute approximate surface area is 98.4 Å². The molecule has 0 radical (unpaired) electrons. The molecule has 0 saturated carbocycles. The van der Waals surface area contributed by atoms with Crippen molar-refractivity contribution in [3.05, 3.63) is 18.5 Å². The number of hydrogen-bond donors (Lipinski definition) is 2.